The van der Waals surface area contributed by atoms with Crippen LogP contribution in [0.15, 0.2) is 11.5 Å². The highest BCUT2D eigenvalue weighted by Gasteiger charge is 2.30. The van der Waals surface area contributed by atoms with Gasteiger partial charge in [-0.3, -0.25) is 5.10 Å². The van der Waals surface area contributed by atoms with Crippen molar-refractivity contribution in [3.63, 3.8) is 0 Å². The van der Waals surface area contributed by atoms with Crippen molar-refractivity contribution in [1.29, 1.82) is 0 Å². The van der Waals surface area contributed by atoms with Gasteiger partial charge < -0.3 is 0 Å². The fourth-order valence-corrected chi connectivity index (χ4v) is 3.79. The third-order valence-corrected chi connectivity index (χ3v) is 5.06. The third kappa shape index (κ3) is 2.91. The lowest BCUT2D eigenvalue weighted by Gasteiger charge is -2.35. The van der Waals surface area contributed by atoms with E-state index in [1.165, 1.54) is 32.1 Å². The van der Waals surface area contributed by atoms with Crippen LogP contribution in [0.5, 0.6) is 0 Å². The molecule has 1 aliphatic carbocycles. The molecule has 1 aromatic rings. The summed E-state index contributed by atoms with van der Waals surface area (Å²) in [7, 11) is 0. The average molecular weight is 243 g/mol. The molecular formula is C10H17N3S2. The first-order valence-corrected chi connectivity index (χ1v) is 7.05. The van der Waals surface area contributed by atoms with Gasteiger partial charge >= 0.3 is 0 Å². The molecule has 1 N–H and O–H groups in total. The van der Waals surface area contributed by atoms with Crippen molar-refractivity contribution in [3.05, 3.63) is 6.33 Å². The Balaban J connectivity index is 1.89. The van der Waals surface area contributed by atoms with Crippen molar-refractivity contribution in [1.82, 2.24) is 15.2 Å². The van der Waals surface area contributed by atoms with Crippen LogP contribution >= 0.6 is 24.4 Å². The summed E-state index contributed by atoms with van der Waals surface area (Å²) in [6.45, 7) is 0. The Morgan fingerprint density at radius 1 is 1.40 bits per heavy atom. The van der Waals surface area contributed by atoms with E-state index in [-0.39, 0.29) is 0 Å². The van der Waals surface area contributed by atoms with E-state index in [9.17, 15) is 0 Å². The van der Waals surface area contributed by atoms with Gasteiger partial charge in [0, 0.05) is 5.75 Å². The summed E-state index contributed by atoms with van der Waals surface area (Å²) in [5.74, 6) is 2.11. The van der Waals surface area contributed by atoms with E-state index in [4.69, 9.17) is 0 Å². The van der Waals surface area contributed by atoms with Gasteiger partial charge in [0.2, 0.25) is 0 Å². The molecule has 0 spiro atoms. The van der Waals surface area contributed by atoms with Gasteiger partial charge in [0.1, 0.15) is 6.33 Å². The molecule has 0 unspecified atom stereocenters. The average Bonchev–Trinajstić information content (AvgIpc) is 2.81. The van der Waals surface area contributed by atoms with Crippen LogP contribution in [0.25, 0.3) is 0 Å². The molecule has 1 aliphatic rings. The molecule has 0 atom stereocenters. The first kappa shape index (κ1) is 11.3. The van der Waals surface area contributed by atoms with Crippen molar-refractivity contribution in [2.24, 2.45) is 5.41 Å². The molecule has 0 aromatic carbocycles. The molecule has 0 radical (unpaired) electrons. The highest BCUT2D eigenvalue weighted by atomic mass is 32.2. The van der Waals surface area contributed by atoms with Crippen LogP contribution in [-0.2, 0) is 0 Å². The Labute approximate surface area is 100 Å². The summed E-state index contributed by atoms with van der Waals surface area (Å²) < 4.78 is 0. The summed E-state index contributed by atoms with van der Waals surface area (Å²) >= 11 is 6.30. The van der Waals surface area contributed by atoms with E-state index in [1.807, 2.05) is 0 Å². The minimum Gasteiger partial charge on any atom is -0.254 e. The van der Waals surface area contributed by atoms with Gasteiger partial charge in [-0.05, 0) is 24.0 Å². The smallest absolute Gasteiger partial charge is 0.183 e. The number of hydrogen-bond donors (Lipinski definition) is 2. The second-order valence-corrected chi connectivity index (χ2v) is 5.58. The van der Waals surface area contributed by atoms with E-state index in [0.717, 1.165) is 16.7 Å². The van der Waals surface area contributed by atoms with Gasteiger partial charge in [0.15, 0.2) is 5.16 Å². The monoisotopic (exact) mass is 243 g/mol. The zero-order valence-corrected chi connectivity index (χ0v) is 10.5. The maximum absolute atomic E-state index is 4.52. The Bertz CT molecular complexity index is 281. The van der Waals surface area contributed by atoms with Crippen LogP contribution in [0.2, 0.25) is 0 Å². The highest BCUT2D eigenvalue weighted by Crippen LogP contribution is 2.40. The first-order chi connectivity index (χ1) is 7.35. The van der Waals surface area contributed by atoms with Crippen molar-refractivity contribution >= 4 is 24.4 Å². The van der Waals surface area contributed by atoms with E-state index >= 15 is 0 Å². The number of nitrogens with one attached hydrogen (secondary N) is 1. The lowest BCUT2D eigenvalue weighted by molar-refractivity contribution is 0.258. The SMILES string of the molecule is SCC1(CSc2ncn[nH]2)CCCCC1. The van der Waals surface area contributed by atoms with Gasteiger partial charge in [-0.15, -0.1) is 0 Å². The van der Waals surface area contributed by atoms with Gasteiger partial charge in [0.05, 0.1) is 0 Å². The van der Waals surface area contributed by atoms with Crippen LogP contribution in [0, 0.1) is 5.41 Å². The minimum absolute atomic E-state index is 0.429. The number of hydrogen-bond acceptors (Lipinski definition) is 4. The molecule has 84 valence electrons. The second kappa shape index (κ2) is 5.25. The van der Waals surface area contributed by atoms with Crippen LogP contribution in [0.3, 0.4) is 0 Å². The summed E-state index contributed by atoms with van der Waals surface area (Å²) in [4.78, 5) is 4.14. The van der Waals surface area contributed by atoms with Crippen LogP contribution in [0.1, 0.15) is 32.1 Å². The molecule has 1 fully saturated rings. The standard InChI is InChI=1S/C10H17N3S2/c14-6-10(4-2-1-3-5-10)7-15-9-11-8-12-13-9/h8,14H,1-7H2,(H,11,12,13). The van der Waals surface area contributed by atoms with Gasteiger partial charge in [-0.25, -0.2) is 4.98 Å². The van der Waals surface area contributed by atoms with E-state index in [1.54, 1.807) is 18.1 Å². The Morgan fingerprint density at radius 2 is 2.20 bits per heavy atom. The third-order valence-electron chi connectivity index (χ3n) is 3.16. The number of aromatic amines is 1. The number of thiol groups is 1. The largest absolute Gasteiger partial charge is 0.254 e. The molecule has 0 saturated heterocycles. The van der Waals surface area contributed by atoms with Crippen molar-refractivity contribution < 1.29 is 0 Å². The van der Waals surface area contributed by atoms with Gasteiger partial charge in [-0.1, -0.05) is 31.0 Å². The minimum atomic E-state index is 0.429. The molecule has 3 nitrogen and oxygen atoms in total. The molecule has 5 heteroatoms. The molecule has 0 bridgehead atoms. The van der Waals surface area contributed by atoms with Crippen molar-refractivity contribution in [2.45, 2.75) is 37.3 Å². The fraction of sp³-hybridized carbons (Fsp3) is 0.800. The molecule has 1 aromatic heterocycles. The molecule has 0 amide bonds. The Kier molecular flexibility index (Phi) is 3.97. The number of nitrogens with zero attached hydrogens (tertiary/aromatic N) is 2. The van der Waals surface area contributed by atoms with Crippen LogP contribution < -0.4 is 0 Å². The molecular weight excluding hydrogens is 226 g/mol. The van der Waals surface area contributed by atoms with Crippen molar-refractivity contribution in [2.75, 3.05) is 11.5 Å². The topological polar surface area (TPSA) is 41.6 Å². The normalized spacial score (nSPS) is 20.3. The molecule has 2 rings (SSSR count). The van der Waals surface area contributed by atoms with Crippen molar-refractivity contribution in [3.8, 4) is 0 Å². The second-order valence-electron chi connectivity index (χ2n) is 4.30. The van der Waals surface area contributed by atoms with E-state index in [2.05, 4.69) is 27.8 Å². The first-order valence-electron chi connectivity index (χ1n) is 5.44. The molecule has 1 heterocycles. The number of rotatable bonds is 4. The fourth-order valence-electron chi connectivity index (χ4n) is 2.14. The predicted molar refractivity (Wildman–Crippen MR) is 66.5 cm³/mol. The van der Waals surface area contributed by atoms with Gasteiger partial charge in [-0.2, -0.15) is 17.7 Å². The Hall–Kier alpha value is -0.160. The highest BCUT2D eigenvalue weighted by molar-refractivity contribution is 7.99. The summed E-state index contributed by atoms with van der Waals surface area (Å²) in [5, 5.41) is 7.69. The zero-order valence-electron chi connectivity index (χ0n) is 8.78. The van der Waals surface area contributed by atoms with E-state index < -0.39 is 0 Å². The maximum Gasteiger partial charge on any atom is 0.183 e. The van der Waals surface area contributed by atoms with Crippen LogP contribution in [-0.4, -0.2) is 26.7 Å². The lowest BCUT2D eigenvalue weighted by Crippen LogP contribution is -2.28. The van der Waals surface area contributed by atoms with Gasteiger partial charge in [0.25, 0.3) is 0 Å². The molecule has 0 aliphatic heterocycles. The number of thioether (sulfide) groups is 1. The van der Waals surface area contributed by atoms with E-state index in [0.29, 0.717) is 5.41 Å². The van der Waals surface area contributed by atoms with Crippen LogP contribution in [0.4, 0.5) is 0 Å². The summed E-state index contributed by atoms with van der Waals surface area (Å²) in [6, 6.07) is 0. The number of aromatic nitrogens is 3. The maximum atomic E-state index is 4.52. The number of H-pyrrole nitrogens is 1. The summed E-state index contributed by atoms with van der Waals surface area (Å²) in [5.41, 5.74) is 0.429. The zero-order chi connectivity index (χ0) is 10.6. The lowest BCUT2D eigenvalue weighted by atomic mass is 9.77. The Morgan fingerprint density at radius 3 is 2.80 bits per heavy atom. The summed E-state index contributed by atoms with van der Waals surface area (Å²) in [6.07, 6.45) is 8.31. The molecule has 1 saturated carbocycles. The predicted octanol–water partition coefficient (Wildman–Crippen LogP) is 2.78. The molecule has 15 heavy (non-hydrogen) atoms. The quantitative estimate of drug-likeness (QED) is 0.631.